The predicted molar refractivity (Wildman–Crippen MR) is 50.7 cm³/mol. The van der Waals surface area contributed by atoms with Gasteiger partial charge in [0.05, 0.1) is 0 Å². The van der Waals surface area contributed by atoms with Gasteiger partial charge in [0, 0.05) is 24.6 Å². The molecule has 2 saturated heterocycles. The molecule has 12 heavy (non-hydrogen) atoms. The second kappa shape index (κ2) is 4.69. The van der Waals surface area contributed by atoms with Crippen molar-refractivity contribution >= 4 is 23.5 Å². The zero-order chi connectivity index (χ0) is 8.23. The van der Waals surface area contributed by atoms with Crippen LogP contribution in [0.3, 0.4) is 0 Å². The summed E-state index contributed by atoms with van der Waals surface area (Å²) >= 11 is 3.46. The van der Waals surface area contributed by atoms with E-state index in [1.807, 2.05) is 0 Å². The van der Waals surface area contributed by atoms with E-state index in [4.69, 9.17) is 9.78 Å². The maximum absolute atomic E-state index is 5.16. The van der Waals surface area contributed by atoms with Gasteiger partial charge in [0.1, 0.15) is 0 Å². The van der Waals surface area contributed by atoms with Crippen molar-refractivity contribution in [3.63, 3.8) is 0 Å². The Morgan fingerprint density at radius 3 is 1.75 bits per heavy atom. The van der Waals surface area contributed by atoms with Crippen molar-refractivity contribution in [1.29, 1.82) is 0 Å². The third-order valence-electron chi connectivity index (χ3n) is 1.59. The second-order valence-electron chi connectivity index (χ2n) is 2.51. The minimum absolute atomic E-state index is 0.0213. The summed E-state index contributed by atoms with van der Waals surface area (Å²) in [6, 6.07) is 0. The van der Waals surface area contributed by atoms with E-state index in [0.29, 0.717) is 0 Å². The average Bonchev–Trinajstić information content (AvgIpc) is 2.74. The average molecular weight is 208 g/mol. The first-order valence-corrected chi connectivity index (χ1v) is 6.07. The van der Waals surface area contributed by atoms with E-state index >= 15 is 0 Å². The van der Waals surface area contributed by atoms with Gasteiger partial charge in [-0.15, -0.1) is 23.5 Å². The fourth-order valence-corrected chi connectivity index (χ4v) is 2.60. The van der Waals surface area contributed by atoms with Crippen molar-refractivity contribution in [2.45, 2.75) is 11.1 Å². The van der Waals surface area contributed by atoms with Crippen molar-refractivity contribution in [1.82, 2.24) is 10.6 Å². The Bertz CT molecular complexity index is 122. The molecular formula is C6H12N2O2S2. The highest BCUT2D eigenvalue weighted by atomic mass is 32.2. The first kappa shape index (κ1) is 9.11. The molecule has 4 nitrogen and oxygen atoms in total. The molecule has 6 heteroatoms. The molecule has 0 bridgehead atoms. The van der Waals surface area contributed by atoms with E-state index < -0.39 is 0 Å². The van der Waals surface area contributed by atoms with Gasteiger partial charge in [-0.05, 0) is 0 Å². The van der Waals surface area contributed by atoms with Crippen LogP contribution in [0.25, 0.3) is 0 Å². The fourth-order valence-electron chi connectivity index (χ4n) is 1.03. The monoisotopic (exact) mass is 208 g/mol. The summed E-state index contributed by atoms with van der Waals surface area (Å²) in [4.78, 5) is 10.3. The molecule has 0 spiro atoms. The lowest BCUT2D eigenvalue weighted by Crippen LogP contribution is -2.29. The maximum Gasteiger partial charge on any atom is 0.190 e. The maximum atomic E-state index is 5.16. The van der Waals surface area contributed by atoms with Crippen molar-refractivity contribution in [2.24, 2.45) is 0 Å². The first-order chi connectivity index (χ1) is 5.95. The molecule has 2 rings (SSSR count). The molecule has 2 aliphatic heterocycles. The van der Waals surface area contributed by atoms with Gasteiger partial charge in [-0.3, -0.25) is 10.6 Å². The summed E-state index contributed by atoms with van der Waals surface area (Å²) in [7, 11) is 0. The lowest BCUT2D eigenvalue weighted by molar-refractivity contribution is -0.320. The zero-order valence-electron chi connectivity index (χ0n) is 6.62. The molecule has 70 valence electrons. The third-order valence-corrected chi connectivity index (χ3v) is 3.57. The highest BCUT2D eigenvalue weighted by molar-refractivity contribution is 8.00. The van der Waals surface area contributed by atoms with Crippen LogP contribution in [0.5, 0.6) is 0 Å². The number of hydrogen-bond donors (Lipinski definition) is 2. The van der Waals surface area contributed by atoms with Crippen molar-refractivity contribution < 1.29 is 9.78 Å². The molecule has 0 aromatic carbocycles. The Labute approximate surface area is 80.1 Å². The topological polar surface area (TPSA) is 42.5 Å². The van der Waals surface area contributed by atoms with Crippen LogP contribution in [-0.2, 0) is 9.78 Å². The van der Waals surface area contributed by atoms with Crippen molar-refractivity contribution in [2.75, 3.05) is 24.6 Å². The highest BCUT2D eigenvalue weighted by Gasteiger charge is 2.21. The molecule has 0 saturated carbocycles. The standard InChI is InChI=1S/C6H12N2O2S2/c1-3-11-5(7-1)9-10-6-8-2-4-12-6/h5-8H,1-4H2. The molecule has 2 heterocycles. The van der Waals surface area contributed by atoms with E-state index in [9.17, 15) is 0 Å². The Morgan fingerprint density at radius 2 is 1.42 bits per heavy atom. The van der Waals surface area contributed by atoms with E-state index in [-0.39, 0.29) is 11.1 Å². The summed E-state index contributed by atoms with van der Waals surface area (Å²) < 4.78 is 0. The Balaban J connectivity index is 1.60. The normalized spacial score (nSPS) is 36.0. The fraction of sp³-hybridized carbons (Fsp3) is 1.00. The van der Waals surface area contributed by atoms with E-state index in [1.165, 1.54) is 0 Å². The molecule has 0 aliphatic carbocycles. The molecule has 0 aromatic rings. The van der Waals surface area contributed by atoms with Crippen LogP contribution in [0.1, 0.15) is 0 Å². The summed E-state index contributed by atoms with van der Waals surface area (Å²) in [5.41, 5.74) is 0.0426. The van der Waals surface area contributed by atoms with Gasteiger partial charge in [0.15, 0.2) is 11.1 Å². The first-order valence-electron chi connectivity index (χ1n) is 3.97. The molecule has 0 amide bonds. The molecule has 2 N–H and O–H groups in total. The molecule has 2 fully saturated rings. The van der Waals surface area contributed by atoms with Gasteiger partial charge in [-0.25, -0.2) is 9.78 Å². The highest BCUT2D eigenvalue weighted by Crippen LogP contribution is 2.19. The number of nitrogens with one attached hydrogen (secondary N) is 2. The van der Waals surface area contributed by atoms with Gasteiger partial charge >= 0.3 is 0 Å². The third kappa shape index (κ3) is 2.51. The van der Waals surface area contributed by atoms with Gasteiger partial charge in [0.25, 0.3) is 0 Å². The largest absolute Gasteiger partial charge is 0.280 e. The van der Waals surface area contributed by atoms with E-state index in [2.05, 4.69) is 10.6 Å². The van der Waals surface area contributed by atoms with Crippen molar-refractivity contribution in [3.8, 4) is 0 Å². The molecule has 2 aliphatic rings. The summed E-state index contributed by atoms with van der Waals surface area (Å²) in [5, 5.41) is 6.32. The number of hydrogen-bond acceptors (Lipinski definition) is 6. The SMILES string of the molecule is C1CSC(OOC2NCCS2)N1. The van der Waals surface area contributed by atoms with Crippen LogP contribution in [0.15, 0.2) is 0 Å². The predicted octanol–water partition coefficient (Wildman–Crippen LogP) is 0.175. The van der Waals surface area contributed by atoms with E-state index in [1.54, 1.807) is 23.5 Å². The Kier molecular flexibility index (Phi) is 3.56. The molecule has 0 radical (unpaired) electrons. The van der Waals surface area contributed by atoms with Gasteiger partial charge in [-0.2, -0.15) is 0 Å². The molecule has 2 unspecified atom stereocenters. The smallest absolute Gasteiger partial charge is 0.190 e. The van der Waals surface area contributed by atoms with Crippen LogP contribution in [0.2, 0.25) is 0 Å². The lowest BCUT2D eigenvalue weighted by Gasteiger charge is -2.13. The minimum atomic E-state index is 0.0213. The van der Waals surface area contributed by atoms with Crippen LogP contribution in [-0.4, -0.2) is 35.7 Å². The minimum Gasteiger partial charge on any atom is -0.280 e. The molecule has 0 aromatic heterocycles. The second-order valence-corrected chi connectivity index (χ2v) is 4.85. The van der Waals surface area contributed by atoms with E-state index in [0.717, 1.165) is 24.6 Å². The van der Waals surface area contributed by atoms with Crippen LogP contribution in [0.4, 0.5) is 0 Å². The van der Waals surface area contributed by atoms with Crippen LogP contribution >= 0.6 is 23.5 Å². The molecule has 2 atom stereocenters. The zero-order valence-corrected chi connectivity index (χ0v) is 8.25. The Morgan fingerprint density at radius 1 is 0.917 bits per heavy atom. The van der Waals surface area contributed by atoms with Crippen molar-refractivity contribution in [3.05, 3.63) is 0 Å². The van der Waals surface area contributed by atoms with Gasteiger partial charge < -0.3 is 0 Å². The summed E-state index contributed by atoms with van der Waals surface area (Å²) in [5.74, 6) is 2.19. The Hall–Kier alpha value is 0.540. The molecular weight excluding hydrogens is 196 g/mol. The quantitative estimate of drug-likeness (QED) is 0.509. The summed E-state index contributed by atoms with van der Waals surface area (Å²) in [6.07, 6.45) is 0. The van der Waals surface area contributed by atoms with Gasteiger partial charge in [0.2, 0.25) is 0 Å². The summed E-state index contributed by atoms with van der Waals surface area (Å²) in [6.45, 7) is 2.01. The number of rotatable bonds is 3. The van der Waals surface area contributed by atoms with Gasteiger partial charge in [-0.1, -0.05) is 0 Å². The van der Waals surface area contributed by atoms with Crippen LogP contribution in [0, 0.1) is 0 Å². The lowest BCUT2D eigenvalue weighted by atomic mass is 10.8. The number of thioether (sulfide) groups is 2. The van der Waals surface area contributed by atoms with Crippen LogP contribution < -0.4 is 10.6 Å².